The van der Waals surface area contributed by atoms with Crippen molar-refractivity contribution in [2.45, 2.75) is 45.7 Å². The first-order valence-corrected chi connectivity index (χ1v) is 9.11. The molecule has 1 aromatic rings. The van der Waals surface area contributed by atoms with E-state index in [4.69, 9.17) is 0 Å². The summed E-state index contributed by atoms with van der Waals surface area (Å²) in [6, 6.07) is 0.361. The Hall–Kier alpha value is -1.20. The van der Waals surface area contributed by atoms with Crippen molar-refractivity contribution in [1.82, 2.24) is 14.8 Å². The quantitative estimate of drug-likeness (QED) is 0.783. The molecule has 22 heavy (non-hydrogen) atoms. The molecule has 3 fully saturated rings. The van der Waals surface area contributed by atoms with Crippen molar-refractivity contribution < 1.29 is 4.79 Å². The first-order valence-electron chi connectivity index (χ1n) is 8.16. The molecule has 4 rings (SSSR count). The van der Waals surface area contributed by atoms with Gasteiger partial charge in [0.05, 0.1) is 23.7 Å². The zero-order chi connectivity index (χ0) is 15.5. The number of nitrogens with zero attached hydrogens (tertiary/aromatic N) is 3. The lowest BCUT2D eigenvalue weighted by molar-refractivity contribution is -0.140. The fraction of sp³-hybridized carbons (Fsp3) is 0.647. The topological polar surface area (TPSA) is 36.4 Å². The molecule has 2 atom stereocenters. The highest BCUT2D eigenvalue weighted by atomic mass is 32.1. The minimum atomic E-state index is 0.184. The number of rotatable bonds is 5. The van der Waals surface area contributed by atoms with Crippen LogP contribution in [0.3, 0.4) is 0 Å². The average Bonchev–Trinajstić information content (AvgIpc) is 2.85. The van der Waals surface area contributed by atoms with Crippen LogP contribution in [0, 0.1) is 5.92 Å². The van der Waals surface area contributed by atoms with Crippen LogP contribution in [0.25, 0.3) is 0 Å². The van der Waals surface area contributed by atoms with Gasteiger partial charge in [-0.25, -0.2) is 4.98 Å². The summed E-state index contributed by atoms with van der Waals surface area (Å²) in [5.74, 6) is 0.526. The Morgan fingerprint density at radius 1 is 1.41 bits per heavy atom. The third kappa shape index (κ3) is 3.58. The van der Waals surface area contributed by atoms with Gasteiger partial charge in [-0.15, -0.1) is 11.3 Å². The zero-order valence-corrected chi connectivity index (χ0v) is 14.3. The molecule has 1 amide bonds. The molecule has 3 saturated heterocycles. The van der Waals surface area contributed by atoms with Crippen molar-refractivity contribution in [1.29, 1.82) is 0 Å². The minimum absolute atomic E-state index is 0.184. The van der Waals surface area contributed by atoms with Gasteiger partial charge in [-0.2, -0.15) is 0 Å². The Balaban J connectivity index is 1.66. The van der Waals surface area contributed by atoms with E-state index in [1.807, 2.05) is 5.51 Å². The normalized spacial score (nSPS) is 25.4. The van der Waals surface area contributed by atoms with Crippen LogP contribution in [0.5, 0.6) is 0 Å². The zero-order valence-electron chi connectivity index (χ0n) is 13.5. The second kappa shape index (κ2) is 6.92. The summed E-state index contributed by atoms with van der Waals surface area (Å²) in [6.07, 6.45) is 5.57. The molecule has 0 aromatic carbocycles. The highest BCUT2D eigenvalue weighted by Gasteiger charge is 2.40. The van der Waals surface area contributed by atoms with E-state index in [1.165, 1.54) is 5.57 Å². The van der Waals surface area contributed by atoms with Crippen LogP contribution < -0.4 is 0 Å². The molecule has 4 nitrogen and oxygen atoms in total. The number of thiazole rings is 1. The van der Waals surface area contributed by atoms with E-state index in [1.54, 1.807) is 11.3 Å². The molecule has 5 heteroatoms. The predicted molar refractivity (Wildman–Crippen MR) is 89.7 cm³/mol. The summed E-state index contributed by atoms with van der Waals surface area (Å²) in [5, 5.41) is 2.05. The smallest absolute Gasteiger partial charge is 0.227 e. The molecule has 0 unspecified atom stereocenters. The van der Waals surface area contributed by atoms with Gasteiger partial charge < -0.3 is 9.80 Å². The van der Waals surface area contributed by atoms with Gasteiger partial charge in [-0.1, -0.05) is 11.6 Å². The van der Waals surface area contributed by atoms with Crippen LogP contribution in [-0.4, -0.2) is 46.4 Å². The summed E-state index contributed by atoms with van der Waals surface area (Å²) >= 11 is 1.60. The van der Waals surface area contributed by atoms with Crippen molar-refractivity contribution in [3.05, 3.63) is 28.2 Å². The molecule has 1 aromatic heterocycles. The lowest BCUT2D eigenvalue weighted by Gasteiger charge is -2.35. The summed E-state index contributed by atoms with van der Waals surface area (Å²) < 4.78 is 0. The SMILES string of the molecule is CC(C)=CCCN1C[C@@H]2CC[C@H](C1)N(Cc1cscn1)C2=O. The lowest BCUT2D eigenvalue weighted by atomic mass is 9.94. The summed E-state index contributed by atoms with van der Waals surface area (Å²) in [7, 11) is 0. The van der Waals surface area contributed by atoms with Gasteiger partial charge in [0.2, 0.25) is 5.91 Å². The number of hydrogen-bond donors (Lipinski definition) is 0. The summed E-state index contributed by atoms with van der Waals surface area (Å²) in [6.45, 7) is 7.99. The van der Waals surface area contributed by atoms with Gasteiger partial charge in [0.1, 0.15) is 0 Å². The monoisotopic (exact) mass is 319 g/mol. The Labute approximate surface area is 136 Å². The Morgan fingerprint density at radius 2 is 2.27 bits per heavy atom. The van der Waals surface area contributed by atoms with Gasteiger partial charge in [0.15, 0.2) is 0 Å². The number of hydrogen-bond acceptors (Lipinski definition) is 4. The van der Waals surface area contributed by atoms with Crippen molar-refractivity contribution in [2.24, 2.45) is 5.92 Å². The first kappa shape index (κ1) is 15.7. The highest BCUT2D eigenvalue weighted by Crippen LogP contribution is 2.30. The molecule has 0 N–H and O–H groups in total. The van der Waals surface area contributed by atoms with Gasteiger partial charge >= 0.3 is 0 Å². The van der Waals surface area contributed by atoms with Crippen LogP contribution >= 0.6 is 11.3 Å². The van der Waals surface area contributed by atoms with Crippen LogP contribution in [0.1, 0.15) is 38.8 Å². The van der Waals surface area contributed by atoms with Gasteiger partial charge in [-0.3, -0.25) is 4.79 Å². The second-order valence-corrected chi connectivity index (χ2v) is 7.42. The number of fused-ring (bicyclic) bond motifs is 4. The number of aromatic nitrogens is 1. The Morgan fingerprint density at radius 3 is 3.00 bits per heavy atom. The standard InChI is InChI=1S/C17H25N3OS/c1-13(2)4-3-7-19-8-14-5-6-16(10-19)20(17(14)21)9-15-11-22-12-18-15/h4,11-12,14,16H,3,5-10H2,1-2H3/t14-,16+/m0/s1. The van der Waals surface area contributed by atoms with Crippen LogP contribution in [0.4, 0.5) is 0 Å². The van der Waals surface area contributed by atoms with E-state index in [9.17, 15) is 4.79 Å². The second-order valence-electron chi connectivity index (χ2n) is 6.70. The molecule has 0 spiro atoms. The predicted octanol–water partition coefficient (Wildman–Crippen LogP) is 2.92. The summed E-state index contributed by atoms with van der Waals surface area (Å²) in [5.41, 5.74) is 4.25. The Bertz CT molecular complexity index is 536. The van der Waals surface area contributed by atoms with E-state index in [-0.39, 0.29) is 5.92 Å². The lowest BCUT2D eigenvalue weighted by Crippen LogP contribution is -2.47. The van der Waals surface area contributed by atoms with E-state index < -0.39 is 0 Å². The largest absolute Gasteiger partial charge is 0.332 e. The summed E-state index contributed by atoms with van der Waals surface area (Å²) in [4.78, 5) is 21.6. The van der Waals surface area contributed by atoms with E-state index in [0.29, 0.717) is 18.5 Å². The molecule has 3 aliphatic heterocycles. The molecular formula is C17H25N3OS. The van der Waals surface area contributed by atoms with Crippen LogP contribution in [0.15, 0.2) is 22.5 Å². The average molecular weight is 319 g/mol. The van der Waals surface area contributed by atoms with Gasteiger partial charge in [0, 0.05) is 31.1 Å². The highest BCUT2D eigenvalue weighted by molar-refractivity contribution is 7.07. The number of carbonyl (C=O) groups is 1. The molecule has 0 radical (unpaired) electrons. The third-order valence-corrected chi connectivity index (χ3v) is 5.32. The molecular weight excluding hydrogens is 294 g/mol. The number of amides is 1. The van der Waals surface area contributed by atoms with Crippen LogP contribution in [-0.2, 0) is 11.3 Å². The molecule has 0 saturated carbocycles. The van der Waals surface area contributed by atoms with E-state index >= 15 is 0 Å². The molecule has 3 aliphatic rings. The maximum Gasteiger partial charge on any atom is 0.227 e. The van der Waals surface area contributed by atoms with Gasteiger partial charge in [0.25, 0.3) is 0 Å². The maximum absolute atomic E-state index is 12.7. The van der Waals surface area contributed by atoms with Crippen molar-refractivity contribution in [3.8, 4) is 0 Å². The molecule has 4 heterocycles. The third-order valence-electron chi connectivity index (χ3n) is 4.68. The van der Waals surface area contributed by atoms with Crippen molar-refractivity contribution in [2.75, 3.05) is 19.6 Å². The van der Waals surface area contributed by atoms with Crippen molar-refractivity contribution >= 4 is 17.2 Å². The Kier molecular flexibility index (Phi) is 4.93. The fourth-order valence-electron chi connectivity index (χ4n) is 3.55. The van der Waals surface area contributed by atoms with Gasteiger partial charge in [-0.05, 0) is 33.1 Å². The number of allylic oxidation sites excluding steroid dienone is 1. The minimum Gasteiger partial charge on any atom is -0.332 e. The number of carbonyl (C=O) groups excluding carboxylic acids is 1. The number of piperidine rings is 1. The fourth-order valence-corrected chi connectivity index (χ4v) is 4.10. The van der Waals surface area contributed by atoms with E-state index in [2.05, 4.69) is 40.1 Å². The molecule has 2 bridgehead atoms. The van der Waals surface area contributed by atoms with Crippen LogP contribution in [0.2, 0.25) is 0 Å². The van der Waals surface area contributed by atoms with Crippen molar-refractivity contribution in [3.63, 3.8) is 0 Å². The first-order chi connectivity index (χ1) is 10.6. The molecule has 120 valence electrons. The maximum atomic E-state index is 12.7. The van der Waals surface area contributed by atoms with E-state index in [0.717, 1.165) is 44.6 Å². The molecule has 0 aliphatic carbocycles.